The molecule has 22 heavy (non-hydrogen) atoms. The summed E-state index contributed by atoms with van der Waals surface area (Å²) in [5.74, 6) is 0.516. The molecular weight excluding hydrogens is 285 g/mol. The zero-order valence-electron chi connectivity index (χ0n) is 13.6. The Hall–Kier alpha value is -1.43. The number of hydrogen-bond donors (Lipinski definition) is 0. The first-order valence-electron chi connectivity index (χ1n) is 7.94. The summed E-state index contributed by atoms with van der Waals surface area (Å²) < 4.78 is 0. The van der Waals surface area contributed by atoms with Crippen LogP contribution in [0.5, 0.6) is 0 Å². The monoisotopic (exact) mass is 309 g/mol. The first kappa shape index (κ1) is 15.5. The van der Waals surface area contributed by atoms with Crippen LogP contribution in [0.4, 0.5) is 0 Å². The molecule has 1 aromatic rings. The van der Waals surface area contributed by atoms with Crippen LogP contribution in [0.3, 0.4) is 0 Å². The fourth-order valence-corrected chi connectivity index (χ4v) is 5.89. The summed E-state index contributed by atoms with van der Waals surface area (Å²) in [4.78, 5) is 2.33. The van der Waals surface area contributed by atoms with Crippen molar-refractivity contribution in [2.45, 2.75) is 19.4 Å². The van der Waals surface area contributed by atoms with Gasteiger partial charge in [-0.2, -0.15) is 0 Å². The molecule has 114 valence electrons. The molecule has 0 aliphatic heterocycles. The average Bonchev–Trinajstić information content (AvgIpc) is 3.20. The summed E-state index contributed by atoms with van der Waals surface area (Å²) in [6, 6.07) is 11.6. The summed E-state index contributed by atoms with van der Waals surface area (Å²) in [5, 5.41) is 4.64. The van der Waals surface area contributed by atoms with Crippen LogP contribution in [-0.2, 0) is 0 Å². The molecule has 2 aliphatic rings. The normalized spacial score (nSPS) is 22.8. The number of benzene rings is 1. The fraction of sp³-hybridized carbons (Fsp3) is 0.300. The molecule has 0 N–H and O–H groups in total. The van der Waals surface area contributed by atoms with Gasteiger partial charge in [0.15, 0.2) is 0 Å². The number of rotatable bonds is 5. The van der Waals surface area contributed by atoms with E-state index in [0.717, 1.165) is 6.42 Å². The summed E-state index contributed by atoms with van der Waals surface area (Å²) in [6.45, 7) is 2.33. The number of nitrogens with zero attached hydrogens (tertiary/aromatic N) is 1. The predicted octanol–water partition coefficient (Wildman–Crippen LogP) is 4.66. The van der Waals surface area contributed by atoms with E-state index in [9.17, 15) is 0 Å². The second-order valence-corrected chi connectivity index (χ2v) is 8.45. The first-order valence-corrected chi connectivity index (χ1v) is 9.28. The standard InChI is InChI=1S/C20H24NP/c1-16(21(2)3)19-14-9-15-20(19)22(18-12-7-8-13-18)17-10-5-4-6-11-17/h4-12,14-16,19H,13H2,1-3H3/t16-,19+,22+/m1/s1. The molecule has 0 aromatic heterocycles. The molecule has 1 nitrogen and oxygen atoms in total. The highest BCUT2D eigenvalue weighted by Crippen LogP contribution is 2.58. The summed E-state index contributed by atoms with van der Waals surface area (Å²) in [6.07, 6.45) is 14.9. The van der Waals surface area contributed by atoms with Crippen molar-refractivity contribution in [1.82, 2.24) is 4.90 Å². The average molecular weight is 309 g/mol. The van der Waals surface area contributed by atoms with E-state index in [4.69, 9.17) is 0 Å². The lowest BCUT2D eigenvalue weighted by Gasteiger charge is -2.32. The SMILES string of the molecule is C[C@H]([C@@H]1C=CC=C1[P@](C1=CC=CC1)c1ccccc1)N(C)C. The molecule has 0 spiro atoms. The predicted molar refractivity (Wildman–Crippen MR) is 98.7 cm³/mol. The van der Waals surface area contributed by atoms with E-state index in [1.807, 2.05) is 0 Å². The third kappa shape index (κ3) is 3.02. The van der Waals surface area contributed by atoms with Crippen molar-refractivity contribution in [1.29, 1.82) is 0 Å². The van der Waals surface area contributed by atoms with Gasteiger partial charge in [-0.15, -0.1) is 0 Å². The Morgan fingerprint density at radius 3 is 2.50 bits per heavy atom. The molecule has 0 fully saturated rings. The lowest BCUT2D eigenvalue weighted by molar-refractivity contribution is 0.281. The lowest BCUT2D eigenvalue weighted by Crippen LogP contribution is -2.32. The van der Waals surface area contributed by atoms with Gasteiger partial charge < -0.3 is 4.90 Å². The van der Waals surface area contributed by atoms with Gasteiger partial charge in [0.25, 0.3) is 0 Å². The molecular formula is C20H24NP. The highest BCUT2D eigenvalue weighted by Gasteiger charge is 2.31. The minimum atomic E-state index is -0.384. The zero-order chi connectivity index (χ0) is 15.5. The van der Waals surface area contributed by atoms with Crippen LogP contribution < -0.4 is 5.30 Å². The fourth-order valence-electron chi connectivity index (χ4n) is 3.10. The first-order chi connectivity index (χ1) is 10.7. The van der Waals surface area contributed by atoms with Gasteiger partial charge in [-0.05, 0) is 51.3 Å². The van der Waals surface area contributed by atoms with Gasteiger partial charge in [-0.1, -0.05) is 66.8 Å². The van der Waals surface area contributed by atoms with Gasteiger partial charge >= 0.3 is 0 Å². The van der Waals surface area contributed by atoms with Crippen LogP contribution in [0, 0.1) is 5.92 Å². The Labute approximate surface area is 135 Å². The van der Waals surface area contributed by atoms with Crippen molar-refractivity contribution in [3.63, 3.8) is 0 Å². The molecule has 0 amide bonds. The molecule has 0 saturated carbocycles. The highest BCUT2D eigenvalue weighted by molar-refractivity contribution is 7.73. The molecule has 1 aromatic carbocycles. The van der Waals surface area contributed by atoms with Crippen LogP contribution in [-0.4, -0.2) is 25.0 Å². The van der Waals surface area contributed by atoms with Crippen molar-refractivity contribution in [3.8, 4) is 0 Å². The Balaban J connectivity index is 1.96. The third-order valence-electron chi connectivity index (χ3n) is 4.57. The maximum absolute atomic E-state index is 2.38. The van der Waals surface area contributed by atoms with E-state index < -0.39 is 0 Å². The minimum absolute atomic E-state index is 0.384. The maximum atomic E-state index is 2.38. The van der Waals surface area contributed by atoms with Gasteiger partial charge in [-0.25, -0.2) is 0 Å². The van der Waals surface area contributed by atoms with Crippen molar-refractivity contribution in [2.75, 3.05) is 14.1 Å². The van der Waals surface area contributed by atoms with E-state index in [2.05, 4.69) is 92.7 Å². The van der Waals surface area contributed by atoms with Crippen LogP contribution in [0.1, 0.15) is 13.3 Å². The largest absolute Gasteiger partial charge is 0.306 e. The molecule has 0 heterocycles. The van der Waals surface area contributed by atoms with Crippen molar-refractivity contribution >= 4 is 13.2 Å². The zero-order valence-corrected chi connectivity index (χ0v) is 14.5. The van der Waals surface area contributed by atoms with Gasteiger partial charge in [0.05, 0.1) is 0 Å². The number of allylic oxidation sites excluding steroid dienone is 6. The van der Waals surface area contributed by atoms with Gasteiger partial charge in [0.1, 0.15) is 0 Å². The Bertz CT molecular complexity index is 637. The molecule has 3 atom stereocenters. The summed E-state index contributed by atoms with van der Waals surface area (Å²) in [5.41, 5.74) is 0. The Morgan fingerprint density at radius 2 is 1.86 bits per heavy atom. The number of hydrogen-bond acceptors (Lipinski definition) is 1. The topological polar surface area (TPSA) is 3.24 Å². The molecule has 0 unspecified atom stereocenters. The third-order valence-corrected chi connectivity index (χ3v) is 7.26. The van der Waals surface area contributed by atoms with Crippen LogP contribution in [0.15, 0.2) is 77.4 Å². The van der Waals surface area contributed by atoms with Gasteiger partial charge in [0, 0.05) is 12.0 Å². The van der Waals surface area contributed by atoms with E-state index in [-0.39, 0.29) is 7.92 Å². The highest BCUT2D eigenvalue weighted by atomic mass is 31.1. The quantitative estimate of drug-likeness (QED) is 0.715. The Kier molecular flexibility index (Phi) is 4.76. The van der Waals surface area contributed by atoms with Crippen LogP contribution in [0.25, 0.3) is 0 Å². The van der Waals surface area contributed by atoms with Crippen LogP contribution >= 0.6 is 7.92 Å². The second kappa shape index (κ2) is 6.77. The molecule has 0 bridgehead atoms. The van der Waals surface area contributed by atoms with Crippen molar-refractivity contribution < 1.29 is 0 Å². The van der Waals surface area contributed by atoms with E-state index in [0.29, 0.717) is 12.0 Å². The van der Waals surface area contributed by atoms with E-state index >= 15 is 0 Å². The molecule has 2 aliphatic carbocycles. The molecule has 0 radical (unpaired) electrons. The molecule has 0 saturated heterocycles. The second-order valence-electron chi connectivity index (χ2n) is 6.17. The summed E-state index contributed by atoms with van der Waals surface area (Å²) >= 11 is 0. The Morgan fingerprint density at radius 1 is 1.09 bits per heavy atom. The molecule has 2 heteroatoms. The lowest BCUT2D eigenvalue weighted by atomic mass is 10.0. The van der Waals surface area contributed by atoms with Crippen LogP contribution in [0.2, 0.25) is 0 Å². The van der Waals surface area contributed by atoms with E-state index in [1.165, 1.54) is 5.30 Å². The van der Waals surface area contributed by atoms with E-state index in [1.54, 1.807) is 10.6 Å². The van der Waals surface area contributed by atoms with Crippen molar-refractivity contribution in [2.24, 2.45) is 5.92 Å². The van der Waals surface area contributed by atoms with Crippen molar-refractivity contribution in [3.05, 3.63) is 77.4 Å². The van der Waals surface area contributed by atoms with Gasteiger partial charge in [-0.3, -0.25) is 0 Å². The minimum Gasteiger partial charge on any atom is -0.306 e. The molecule has 3 rings (SSSR count). The summed E-state index contributed by atoms with van der Waals surface area (Å²) in [7, 11) is 3.97. The van der Waals surface area contributed by atoms with Gasteiger partial charge in [0.2, 0.25) is 0 Å². The maximum Gasteiger partial charge on any atom is 0.0185 e. The smallest absolute Gasteiger partial charge is 0.0185 e.